The SMILES string of the molecule is CC1SC(=S)N(CCC(=O)NCc2ccco2)C1=O. The van der Waals surface area contributed by atoms with Crippen LogP contribution in [-0.4, -0.2) is 32.8 Å². The monoisotopic (exact) mass is 298 g/mol. The van der Waals surface area contributed by atoms with Gasteiger partial charge in [0.15, 0.2) is 0 Å². The first-order valence-corrected chi connectivity index (χ1v) is 7.18. The number of furan rings is 1. The van der Waals surface area contributed by atoms with E-state index in [9.17, 15) is 9.59 Å². The minimum Gasteiger partial charge on any atom is -0.467 e. The number of carbonyl (C=O) groups is 2. The van der Waals surface area contributed by atoms with Crippen LogP contribution in [-0.2, 0) is 16.1 Å². The molecule has 1 atom stereocenters. The standard InChI is InChI=1S/C12H14N2O3S2/c1-8-11(16)14(12(18)19-8)5-4-10(15)13-7-9-3-2-6-17-9/h2-3,6,8H,4-5,7H2,1H3,(H,13,15). The molecule has 0 saturated carbocycles. The molecule has 5 nitrogen and oxygen atoms in total. The average Bonchev–Trinajstić information content (AvgIpc) is 2.96. The van der Waals surface area contributed by atoms with Crippen LogP contribution in [0.1, 0.15) is 19.1 Å². The van der Waals surface area contributed by atoms with Crippen molar-refractivity contribution in [3.8, 4) is 0 Å². The number of thiocarbonyl (C=S) groups is 1. The highest BCUT2D eigenvalue weighted by atomic mass is 32.2. The molecule has 2 rings (SSSR count). The van der Waals surface area contributed by atoms with Gasteiger partial charge in [0.2, 0.25) is 11.8 Å². The molecule has 1 aromatic rings. The highest BCUT2D eigenvalue weighted by molar-refractivity contribution is 8.24. The van der Waals surface area contributed by atoms with E-state index in [0.29, 0.717) is 23.2 Å². The van der Waals surface area contributed by atoms with Gasteiger partial charge in [-0.25, -0.2) is 0 Å². The number of hydrogen-bond donors (Lipinski definition) is 1. The van der Waals surface area contributed by atoms with Gasteiger partial charge in [0.05, 0.1) is 18.1 Å². The first-order chi connectivity index (χ1) is 9.08. The van der Waals surface area contributed by atoms with Crippen molar-refractivity contribution >= 4 is 40.1 Å². The van der Waals surface area contributed by atoms with Crippen molar-refractivity contribution < 1.29 is 14.0 Å². The van der Waals surface area contributed by atoms with Crippen LogP contribution in [0.4, 0.5) is 0 Å². The van der Waals surface area contributed by atoms with E-state index < -0.39 is 0 Å². The van der Waals surface area contributed by atoms with Crippen LogP contribution < -0.4 is 5.32 Å². The molecule has 7 heteroatoms. The van der Waals surface area contributed by atoms with Crippen molar-refractivity contribution in [3.63, 3.8) is 0 Å². The summed E-state index contributed by atoms with van der Waals surface area (Å²) in [6, 6.07) is 3.55. The molecule has 19 heavy (non-hydrogen) atoms. The Morgan fingerprint density at radius 3 is 3.00 bits per heavy atom. The summed E-state index contributed by atoms with van der Waals surface area (Å²) in [6.07, 6.45) is 1.79. The summed E-state index contributed by atoms with van der Waals surface area (Å²) in [5.41, 5.74) is 0. The van der Waals surface area contributed by atoms with Gasteiger partial charge in [0, 0.05) is 13.0 Å². The molecule has 0 aromatic carbocycles. The Bertz CT molecular complexity index is 487. The number of amides is 2. The number of thioether (sulfide) groups is 1. The molecule has 1 aliphatic rings. The summed E-state index contributed by atoms with van der Waals surface area (Å²) < 4.78 is 5.66. The molecule has 1 aliphatic heterocycles. The molecule has 2 amide bonds. The molecule has 102 valence electrons. The van der Waals surface area contributed by atoms with E-state index in [2.05, 4.69) is 5.32 Å². The van der Waals surface area contributed by atoms with Gasteiger partial charge >= 0.3 is 0 Å². The molecular formula is C12H14N2O3S2. The highest BCUT2D eigenvalue weighted by Gasteiger charge is 2.33. The second kappa shape index (κ2) is 6.21. The van der Waals surface area contributed by atoms with Gasteiger partial charge < -0.3 is 9.73 Å². The predicted octanol–water partition coefficient (Wildman–Crippen LogP) is 1.53. The van der Waals surface area contributed by atoms with E-state index in [1.54, 1.807) is 18.4 Å². The Balaban J connectivity index is 1.74. The summed E-state index contributed by atoms with van der Waals surface area (Å²) in [6.45, 7) is 2.50. The summed E-state index contributed by atoms with van der Waals surface area (Å²) in [4.78, 5) is 24.9. The second-order valence-electron chi connectivity index (χ2n) is 4.12. The number of hydrogen-bond acceptors (Lipinski definition) is 5. The fourth-order valence-electron chi connectivity index (χ4n) is 1.68. The lowest BCUT2D eigenvalue weighted by molar-refractivity contribution is -0.126. The molecular weight excluding hydrogens is 284 g/mol. The van der Waals surface area contributed by atoms with Crippen LogP contribution in [0.3, 0.4) is 0 Å². The normalized spacial score (nSPS) is 19.0. The third kappa shape index (κ3) is 3.57. The van der Waals surface area contributed by atoms with Gasteiger partial charge in [0.25, 0.3) is 0 Å². The smallest absolute Gasteiger partial charge is 0.241 e. The topological polar surface area (TPSA) is 62.6 Å². The maximum atomic E-state index is 11.7. The number of nitrogens with zero attached hydrogens (tertiary/aromatic N) is 1. The number of carbonyl (C=O) groups excluding carboxylic acids is 2. The van der Waals surface area contributed by atoms with Gasteiger partial charge in [-0.15, -0.1) is 0 Å². The van der Waals surface area contributed by atoms with E-state index >= 15 is 0 Å². The van der Waals surface area contributed by atoms with Gasteiger partial charge in [-0.2, -0.15) is 0 Å². The van der Waals surface area contributed by atoms with Gasteiger partial charge in [-0.1, -0.05) is 24.0 Å². The van der Waals surface area contributed by atoms with Gasteiger partial charge in [-0.3, -0.25) is 14.5 Å². The van der Waals surface area contributed by atoms with Crippen LogP contribution >= 0.6 is 24.0 Å². The van der Waals surface area contributed by atoms with E-state index in [1.807, 2.05) is 6.92 Å². The van der Waals surface area contributed by atoms with Crippen molar-refractivity contribution in [1.29, 1.82) is 0 Å². The molecule has 1 saturated heterocycles. The van der Waals surface area contributed by atoms with Crippen molar-refractivity contribution in [3.05, 3.63) is 24.2 Å². The Kier molecular flexibility index (Phi) is 4.60. The molecule has 1 N–H and O–H groups in total. The van der Waals surface area contributed by atoms with E-state index in [4.69, 9.17) is 16.6 Å². The van der Waals surface area contributed by atoms with Crippen LogP contribution in [0.25, 0.3) is 0 Å². The lowest BCUT2D eigenvalue weighted by Crippen LogP contribution is -2.34. The van der Waals surface area contributed by atoms with E-state index in [-0.39, 0.29) is 23.5 Å². The molecule has 1 aromatic heterocycles. The van der Waals surface area contributed by atoms with Crippen molar-refractivity contribution in [2.75, 3.05) is 6.54 Å². The van der Waals surface area contributed by atoms with Crippen molar-refractivity contribution in [2.24, 2.45) is 0 Å². The zero-order valence-electron chi connectivity index (χ0n) is 10.4. The summed E-state index contributed by atoms with van der Waals surface area (Å²) >= 11 is 6.46. The maximum absolute atomic E-state index is 11.7. The van der Waals surface area contributed by atoms with Gasteiger partial charge in [0.1, 0.15) is 10.1 Å². The lowest BCUT2D eigenvalue weighted by atomic mass is 10.3. The average molecular weight is 298 g/mol. The fourth-order valence-corrected chi connectivity index (χ4v) is 3.13. The third-order valence-corrected chi connectivity index (χ3v) is 4.20. The highest BCUT2D eigenvalue weighted by Crippen LogP contribution is 2.26. The third-order valence-electron chi connectivity index (χ3n) is 2.71. The van der Waals surface area contributed by atoms with Crippen LogP contribution in [0, 0.1) is 0 Å². The fraction of sp³-hybridized carbons (Fsp3) is 0.417. The lowest BCUT2D eigenvalue weighted by Gasteiger charge is -2.14. The predicted molar refractivity (Wildman–Crippen MR) is 76.5 cm³/mol. The van der Waals surface area contributed by atoms with Crippen LogP contribution in [0.2, 0.25) is 0 Å². The van der Waals surface area contributed by atoms with E-state index in [0.717, 1.165) is 0 Å². The van der Waals surface area contributed by atoms with Crippen LogP contribution in [0.5, 0.6) is 0 Å². The molecule has 1 unspecified atom stereocenters. The van der Waals surface area contributed by atoms with E-state index in [1.165, 1.54) is 16.7 Å². The first kappa shape index (κ1) is 14.1. The molecule has 0 aliphatic carbocycles. The molecule has 1 fully saturated rings. The van der Waals surface area contributed by atoms with Crippen LogP contribution in [0.15, 0.2) is 22.8 Å². The minimum atomic E-state index is -0.140. The zero-order chi connectivity index (χ0) is 13.8. The Labute approximate surface area is 120 Å². The summed E-state index contributed by atoms with van der Waals surface area (Å²) in [5, 5.41) is 2.59. The molecule has 0 radical (unpaired) electrons. The Hall–Kier alpha value is -1.34. The summed E-state index contributed by atoms with van der Waals surface area (Å²) in [7, 11) is 0. The molecule has 0 bridgehead atoms. The molecule has 2 heterocycles. The Morgan fingerprint density at radius 2 is 2.42 bits per heavy atom. The largest absolute Gasteiger partial charge is 0.467 e. The first-order valence-electron chi connectivity index (χ1n) is 5.89. The zero-order valence-corrected chi connectivity index (χ0v) is 12.1. The molecule has 0 spiro atoms. The number of nitrogens with one attached hydrogen (secondary N) is 1. The Morgan fingerprint density at radius 1 is 1.63 bits per heavy atom. The van der Waals surface area contributed by atoms with Gasteiger partial charge in [-0.05, 0) is 19.1 Å². The quantitative estimate of drug-likeness (QED) is 0.835. The maximum Gasteiger partial charge on any atom is 0.241 e. The van der Waals surface area contributed by atoms with Crippen molar-refractivity contribution in [1.82, 2.24) is 10.2 Å². The second-order valence-corrected chi connectivity index (χ2v) is 6.10. The number of rotatable bonds is 5. The minimum absolute atomic E-state index is 0.0196. The van der Waals surface area contributed by atoms with Crippen molar-refractivity contribution in [2.45, 2.75) is 25.1 Å². The summed E-state index contributed by atoms with van der Waals surface area (Å²) in [5.74, 6) is 0.552.